The lowest BCUT2D eigenvalue weighted by molar-refractivity contribution is 0.0790. The van der Waals surface area contributed by atoms with E-state index < -0.39 is 0 Å². The lowest BCUT2D eigenvalue weighted by Crippen LogP contribution is -2.33. The molecule has 2 aromatic carbocycles. The van der Waals surface area contributed by atoms with Crippen molar-refractivity contribution in [2.45, 2.75) is 12.6 Å². The summed E-state index contributed by atoms with van der Waals surface area (Å²) in [5.41, 5.74) is 8.70. The van der Waals surface area contributed by atoms with Gasteiger partial charge in [-0.25, -0.2) is 4.98 Å². The van der Waals surface area contributed by atoms with Crippen molar-refractivity contribution >= 4 is 17.2 Å². The monoisotopic (exact) mass is 435 g/mol. The SMILES string of the molecule is COc1ccc(-c2csc(-c3c(O)cn(CC4COc5ccccc5O4)c3N)n2)cc1. The summed E-state index contributed by atoms with van der Waals surface area (Å²) in [7, 11) is 1.63. The molecule has 1 unspecified atom stereocenters. The third kappa shape index (κ3) is 3.66. The molecule has 31 heavy (non-hydrogen) atoms. The fourth-order valence-electron chi connectivity index (χ4n) is 3.58. The molecule has 1 atom stereocenters. The third-order valence-electron chi connectivity index (χ3n) is 5.17. The lowest BCUT2D eigenvalue weighted by atomic mass is 10.2. The van der Waals surface area contributed by atoms with Crippen molar-refractivity contribution in [3.8, 4) is 44.8 Å². The molecule has 8 heteroatoms. The first-order valence-electron chi connectivity index (χ1n) is 9.78. The molecule has 2 aromatic heterocycles. The lowest BCUT2D eigenvalue weighted by Gasteiger charge is -2.27. The zero-order chi connectivity index (χ0) is 21.4. The van der Waals surface area contributed by atoms with E-state index in [1.807, 2.05) is 53.9 Å². The van der Waals surface area contributed by atoms with Gasteiger partial charge in [-0.1, -0.05) is 12.1 Å². The maximum atomic E-state index is 10.6. The van der Waals surface area contributed by atoms with E-state index in [9.17, 15) is 5.11 Å². The Balaban J connectivity index is 1.37. The van der Waals surface area contributed by atoms with Crippen molar-refractivity contribution in [3.63, 3.8) is 0 Å². The van der Waals surface area contributed by atoms with Crippen LogP contribution in [0, 0.1) is 0 Å². The Bertz CT molecular complexity index is 1220. The predicted octanol–water partition coefficient (Wildman–Crippen LogP) is 4.42. The number of nitrogens with two attached hydrogens (primary N) is 1. The fourth-order valence-corrected chi connectivity index (χ4v) is 4.47. The third-order valence-corrected chi connectivity index (χ3v) is 6.03. The number of rotatable bonds is 5. The van der Waals surface area contributed by atoms with Gasteiger partial charge >= 0.3 is 0 Å². The van der Waals surface area contributed by atoms with Crippen molar-refractivity contribution in [1.82, 2.24) is 9.55 Å². The Hall–Kier alpha value is -3.65. The molecule has 0 saturated carbocycles. The molecule has 0 amide bonds. The van der Waals surface area contributed by atoms with Crippen LogP contribution >= 0.6 is 11.3 Å². The van der Waals surface area contributed by atoms with Crippen molar-refractivity contribution in [2.75, 3.05) is 19.5 Å². The number of fused-ring (bicyclic) bond motifs is 1. The zero-order valence-electron chi connectivity index (χ0n) is 16.8. The highest BCUT2D eigenvalue weighted by Gasteiger charge is 2.24. The molecular formula is C23H21N3O4S. The van der Waals surface area contributed by atoms with Crippen LogP contribution < -0.4 is 19.9 Å². The quantitative estimate of drug-likeness (QED) is 0.482. The average molecular weight is 436 g/mol. The van der Waals surface area contributed by atoms with Gasteiger partial charge in [-0.3, -0.25) is 0 Å². The topological polar surface area (TPSA) is 91.8 Å². The smallest absolute Gasteiger partial charge is 0.161 e. The van der Waals surface area contributed by atoms with Crippen LogP contribution in [0.1, 0.15) is 0 Å². The predicted molar refractivity (Wildman–Crippen MR) is 120 cm³/mol. The van der Waals surface area contributed by atoms with Gasteiger partial charge in [0.25, 0.3) is 0 Å². The molecule has 3 N–H and O–H groups in total. The van der Waals surface area contributed by atoms with Crippen LogP contribution in [0.5, 0.6) is 23.0 Å². The number of benzene rings is 2. The second-order valence-corrected chi connectivity index (χ2v) is 8.05. The molecule has 3 heterocycles. The summed E-state index contributed by atoms with van der Waals surface area (Å²) in [6.45, 7) is 0.855. The minimum atomic E-state index is -0.219. The molecule has 158 valence electrons. The van der Waals surface area contributed by atoms with Crippen molar-refractivity contribution in [1.29, 1.82) is 0 Å². The molecule has 0 fully saturated rings. The van der Waals surface area contributed by atoms with Crippen LogP contribution in [0.4, 0.5) is 5.82 Å². The number of methoxy groups -OCH3 is 1. The molecule has 4 aromatic rings. The average Bonchev–Trinajstić information content (AvgIpc) is 3.38. The van der Waals surface area contributed by atoms with Gasteiger partial charge in [0.15, 0.2) is 17.6 Å². The number of anilines is 1. The minimum absolute atomic E-state index is 0.0882. The number of ether oxygens (including phenoxy) is 3. The van der Waals surface area contributed by atoms with E-state index in [0.29, 0.717) is 35.3 Å². The number of thiazole rings is 1. The van der Waals surface area contributed by atoms with E-state index in [4.69, 9.17) is 19.9 Å². The van der Waals surface area contributed by atoms with Crippen LogP contribution in [0.3, 0.4) is 0 Å². The van der Waals surface area contributed by atoms with Crippen LogP contribution in [-0.4, -0.2) is 34.5 Å². The largest absolute Gasteiger partial charge is 0.506 e. The number of para-hydroxylation sites is 2. The summed E-state index contributed by atoms with van der Waals surface area (Å²) in [6, 6.07) is 15.2. The van der Waals surface area contributed by atoms with E-state index >= 15 is 0 Å². The summed E-state index contributed by atoms with van der Waals surface area (Å²) in [6.07, 6.45) is 1.39. The Morgan fingerprint density at radius 2 is 1.97 bits per heavy atom. The number of aromatic hydroxyl groups is 1. The van der Waals surface area contributed by atoms with Crippen molar-refractivity contribution in [3.05, 3.63) is 60.1 Å². The van der Waals surface area contributed by atoms with E-state index in [2.05, 4.69) is 4.98 Å². The number of hydrogen-bond acceptors (Lipinski definition) is 7. The number of nitrogens with zero attached hydrogens (tertiary/aromatic N) is 2. The highest BCUT2D eigenvalue weighted by Crippen LogP contribution is 2.40. The van der Waals surface area contributed by atoms with E-state index in [1.54, 1.807) is 17.9 Å². The van der Waals surface area contributed by atoms with Crippen LogP contribution in [0.15, 0.2) is 60.1 Å². The normalized spacial score (nSPS) is 15.1. The molecular weight excluding hydrogens is 414 g/mol. The number of aromatic nitrogens is 2. The maximum Gasteiger partial charge on any atom is 0.161 e. The Morgan fingerprint density at radius 3 is 2.74 bits per heavy atom. The molecule has 5 rings (SSSR count). The van der Waals surface area contributed by atoms with Gasteiger partial charge in [0, 0.05) is 17.1 Å². The van der Waals surface area contributed by atoms with Gasteiger partial charge in [0.2, 0.25) is 0 Å². The van der Waals surface area contributed by atoms with Crippen LogP contribution in [-0.2, 0) is 6.54 Å². The maximum absolute atomic E-state index is 10.6. The van der Waals surface area contributed by atoms with Crippen LogP contribution in [0.25, 0.3) is 21.8 Å². The molecule has 1 aliphatic heterocycles. The van der Waals surface area contributed by atoms with Gasteiger partial charge in [-0.05, 0) is 36.4 Å². The summed E-state index contributed by atoms with van der Waals surface area (Å²) in [5, 5.41) is 13.2. The number of nitrogen functional groups attached to an aromatic ring is 1. The minimum Gasteiger partial charge on any atom is -0.506 e. The summed E-state index contributed by atoms with van der Waals surface area (Å²) < 4.78 is 18.8. The van der Waals surface area contributed by atoms with Crippen LogP contribution in [0.2, 0.25) is 0 Å². The molecule has 0 spiro atoms. The molecule has 7 nitrogen and oxygen atoms in total. The van der Waals surface area contributed by atoms with Gasteiger partial charge in [-0.15, -0.1) is 11.3 Å². The summed E-state index contributed by atoms with van der Waals surface area (Å²) in [4.78, 5) is 4.69. The first-order valence-corrected chi connectivity index (χ1v) is 10.7. The molecule has 0 radical (unpaired) electrons. The second-order valence-electron chi connectivity index (χ2n) is 7.19. The molecule has 1 aliphatic rings. The molecule has 0 saturated heterocycles. The Morgan fingerprint density at radius 1 is 1.19 bits per heavy atom. The van der Waals surface area contributed by atoms with Gasteiger partial charge < -0.3 is 29.6 Å². The Labute approximate surface area is 183 Å². The second kappa shape index (κ2) is 7.88. The summed E-state index contributed by atoms with van der Waals surface area (Å²) >= 11 is 1.43. The highest BCUT2D eigenvalue weighted by atomic mass is 32.1. The molecule has 0 bridgehead atoms. The Kier molecular flexibility index (Phi) is 4.91. The van der Waals surface area contributed by atoms with Gasteiger partial charge in [0.1, 0.15) is 28.9 Å². The van der Waals surface area contributed by atoms with Crippen molar-refractivity contribution in [2.24, 2.45) is 0 Å². The van der Waals surface area contributed by atoms with E-state index in [0.717, 1.165) is 22.8 Å². The fraction of sp³-hybridized carbons (Fsp3) is 0.174. The number of hydrogen-bond donors (Lipinski definition) is 2. The van der Waals surface area contributed by atoms with Gasteiger partial charge in [0.05, 0.1) is 24.9 Å². The van der Waals surface area contributed by atoms with Crippen molar-refractivity contribution < 1.29 is 19.3 Å². The first-order chi connectivity index (χ1) is 15.1. The highest BCUT2D eigenvalue weighted by molar-refractivity contribution is 7.13. The standard InChI is InChI=1S/C23H21N3O4S/c1-28-15-8-6-14(7-9-15)17-13-31-23(25-17)21-18(27)11-26(22(21)24)10-16-12-29-19-4-2-3-5-20(19)30-16/h2-9,11,13,16,27H,10,12,24H2,1H3. The van der Waals surface area contributed by atoms with Gasteiger partial charge in [-0.2, -0.15) is 0 Å². The zero-order valence-corrected chi connectivity index (χ0v) is 17.6. The molecule has 0 aliphatic carbocycles. The van der Waals surface area contributed by atoms with E-state index in [-0.39, 0.29) is 11.9 Å². The van der Waals surface area contributed by atoms with E-state index in [1.165, 1.54) is 11.3 Å². The summed E-state index contributed by atoms with van der Waals surface area (Å²) in [5.74, 6) is 2.75. The first kappa shape index (κ1) is 19.3.